The van der Waals surface area contributed by atoms with Gasteiger partial charge in [0.15, 0.2) is 5.01 Å². The average molecular weight is 409 g/mol. The molecule has 0 spiro atoms. The second-order valence-corrected chi connectivity index (χ2v) is 8.88. The van der Waals surface area contributed by atoms with Gasteiger partial charge in [-0.2, -0.15) is 14.7 Å². The van der Waals surface area contributed by atoms with Crippen LogP contribution in [0.3, 0.4) is 0 Å². The maximum absolute atomic E-state index is 4.69. The SMILES string of the molecule is CC(C)c1cc(-c2nnc3sc(-c4ccc(Br)s4)nn23)n(C)n1. The van der Waals surface area contributed by atoms with Gasteiger partial charge in [-0.15, -0.1) is 21.5 Å². The van der Waals surface area contributed by atoms with Crippen LogP contribution in [0, 0.1) is 0 Å². The zero-order chi connectivity index (χ0) is 16.1. The first-order valence-corrected chi connectivity index (χ1v) is 9.48. The van der Waals surface area contributed by atoms with Crippen molar-refractivity contribution in [1.29, 1.82) is 0 Å². The standard InChI is InChI=1S/C14H13BrN6S2/c1-7(2)8-6-9(20(3)18-8)12-16-17-14-21(12)19-13(23-14)10-4-5-11(15)22-10/h4-7H,1-3H3. The summed E-state index contributed by atoms with van der Waals surface area (Å²) in [6, 6.07) is 6.14. The molecule has 0 atom stereocenters. The van der Waals surface area contributed by atoms with Gasteiger partial charge in [0.2, 0.25) is 10.8 Å². The number of hydrogen-bond donors (Lipinski definition) is 0. The maximum atomic E-state index is 4.69. The van der Waals surface area contributed by atoms with Crippen LogP contribution in [0.25, 0.3) is 26.4 Å². The van der Waals surface area contributed by atoms with E-state index in [9.17, 15) is 0 Å². The fourth-order valence-corrected chi connectivity index (χ4v) is 4.56. The molecule has 0 radical (unpaired) electrons. The van der Waals surface area contributed by atoms with Gasteiger partial charge in [-0.3, -0.25) is 4.68 Å². The van der Waals surface area contributed by atoms with E-state index in [4.69, 9.17) is 0 Å². The van der Waals surface area contributed by atoms with Crippen LogP contribution in [-0.4, -0.2) is 29.6 Å². The summed E-state index contributed by atoms with van der Waals surface area (Å²) in [4.78, 5) is 1.90. The summed E-state index contributed by atoms with van der Waals surface area (Å²) in [5, 5.41) is 18.7. The number of fused-ring (bicyclic) bond motifs is 1. The molecule has 0 bridgehead atoms. The summed E-state index contributed by atoms with van der Waals surface area (Å²) in [7, 11) is 1.92. The van der Waals surface area contributed by atoms with Crippen LogP contribution in [0.1, 0.15) is 25.5 Å². The third-order valence-electron chi connectivity index (χ3n) is 3.49. The van der Waals surface area contributed by atoms with E-state index in [1.807, 2.05) is 17.8 Å². The Morgan fingerprint density at radius 3 is 2.61 bits per heavy atom. The monoisotopic (exact) mass is 408 g/mol. The highest BCUT2D eigenvalue weighted by Crippen LogP contribution is 2.34. The summed E-state index contributed by atoms with van der Waals surface area (Å²) in [6.45, 7) is 4.25. The summed E-state index contributed by atoms with van der Waals surface area (Å²) >= 11 is 6.68. The predicted molar refractivity (Wildman–Crippen MR) is 96.0 cm³/mol. The van der Waals surface area contributed by atoms with Gasteiger partial charge in [-0.05, 0) is 40.0 Å². The van der Waals surface area contributed by atoms with E-state index < -0.39 is 0 Å². The Hall–Kier alpha value is -1.58. The third-order valence-corrected chi connectivity index (χ3v) is 6.19. The van der Waals surface area contributed by atoms with Gasteiger partial charge >= 0.3 is 0 Å². The molecule has 23 heavy (non-hydrogen) atoms. The molecule has 4 aromatic heterocycles. The smallest absolute Gasteiger partial charge is 0.235 e. The third kappa shape index (κ3) is 2.52. The Morgan fingerprint density at radius 1 is 1.13 bits per heavy atom. The Kier molecular flexibility index (Phi) is 3.58. The lowest BCUT2D eigenvalue weighted by Crippen LogP contribution is -1.99. The summed E-state index contributed by atoms with van der Waals surface area (Å²) in [5.41, 5.74) is 1.96. The molecule has 0 aromatic carbocycles. The zero-order valence-electron chi connectivity index (χ0n) is 12.7. The van der Waals surface area contributed by atoms with Crippen molar-refractivity contribution in [3.05, 3.63) is 27.7 Å². The van der Waals surface area contributed by atoms with E-state index in [2.05, 4.69) is 62.3 Å². The first kappa shape index (κ1) is 15.0. The van der Waals surface area contributed by atoms with Crippen LogP contribution in [0.15, 0.2) is 22.0 Å². The highest BCUT2D eigenvalue weighted by atomic mass is 79.9. The van der Waals surface area contributed by atoms with E-state index in [0.29, 0.717) is 5.92 Å². The van der Waals surface area contributed by atoms with Crippen LogP contribution >= 0.6 is 38.6 Å². The molecule has 0 N–H and O–H groups in total. The van der Waals surface area contributed by atoms with Crippen LogP contribution in [0.2, 0.25) is 0 Å². The van der Waals surface area contributed by atoms with Gasteiger partial charge in [-0.25, -0.2) is 0 Å². The molecule has 4 rings (SSSR count). The number of hydrogen-bond acceptors (Lipinski definition) is 6. The lowest BCUT2D eigenvalue weighted by atomic mass is 10.1. The number of nitrogens with zero attached hydrogens (tertiary/aromatic N) is 6. The summed E-state index contributed by atoms with van der Waals surface area (Å²) in [6.07, 6.45) is 0. The van der Waals surface area contributed by atoms with Crippen molar-refractivity contribution in [1.82, 2.24) is 29.6 Å². The fourth-order valence-electron chi connectivity index (χ4n) is 2.29. The lowest BCUT2D eigenvalue weighted by molar-refractivity contribution is 0.713. The molecule has 9 heteroatoms. The lowest BCUT2D eigenvalue weighted by Gasteiger charge is -1.96. The molecule has 4 aromatic rings. The van der Waals surface area contributed by atoms with E-state index in [0.717, 1.165) is 35.8 Å². The van der Waals surface area contributed by atoms with Crippen LogP contribution < -0.4 is 0 Å². The number of aryl methyl sites for hydroxylation is 1. The van der Waals surface area contributed by atoms with Crippen LogP contribution in [0.4, 0.5) is 0 Å². The topological polar surface area (TPSA) is 60.9 Å². The number of aromatic nitrogens is 6. The molecule has 118 valence electrons. The molecule has 0 amide bonds. The second kappa shape index (κ2) is 5.50. The molecule has 0 aliphatic heterocycles. The summed E-state index contributed by atoms with van der Waals surface area (Å²) < 4.78 is 4.73. The van der Waals surface area contributed by atoms with Gasteiger partial charge in [0.25, 0.3) is 0 Å². The molecule has 4 heterocycles. The minimum atomic E-state index is 0.368. The number of thiophene rings is 1. The Morgan fingerprint density at radius 2 is 1.96 bits per heavy atom. The first-order valence-electron chi connectivity index (χ1n) is 7.05. The van der Waals surface area contributed by atoms with Gasteiger partial charge in [-0.1, -0.05) is 25.2 Å². The van der Waals surface area contributed by atoms with Crippen LogP contribution in [-0.2, 0) is 7.05 Å². The number of halogens is 1. The fraction of sp³-hybridized carbons (Fsp3) is 0.286. The summed E-state index contributed by atoms with van der Waals surface area (Å²) in [5.74, 6) is 1.09. The quantitative estimate of drug-likeness (QED) is 0.509. The molecule has 0 saturated heterocycles. The maximum Gasteiger partial charge on any atom is 0.235 e. The molecule has 0 saturated carbocycles. The van der Waals surface area contributed by atoms with Crippen molar-refractivity contribution < 1.29 is 0 Å². The van der Waals surface area contributed by atoms with Gasteiger partial charge in [0.05, 0.1) is 14.4 Å². The van der Waals surface area contributed by atoms with Crippen molar-refractivity contribution in [3.63, 3.8) is 0 Å². The Balaban J connectivity index is 1.83. The molecular weight excluding hydrogens is 396 g/mol. The largest absolute Gasteiger partial charge is 0.264 e. The van der Waals surface area contributed by atoms with E-state index >= 15 is 0 Å². The molecule has 0 fully saturated rings. The molecule has 0 aliphatic carbocycles. The highest BCUT2D eigenvalue weighted by molar-refractivity contribution is 9.11. The minimum Gasteiger partial charge on any atom is -0.264 e. The normalized spacial score (nSPS) is 11.9. The molecule has 0 unspecified atom stereocenters. The van der Waals surface area contributed by atoms with Crippen molar-refractivity contribution in [2.75, 3.05) is 0 Å². The van der Waals surface area contributed by atoms with Gasteiger partial charge in [0.1, 0.15) is 5.69 Å². The van der Waals surface area contributed by atoms with E-state index in [1.165, 1.54) is 11.3 Å². The Bertz CT molecular complexity index is 992. The highest BCUT2D eigenvalue weighted by Gasteiger charge is 2.19. The zero-order valence-corrected chi connectivity index (χ0v) is 15.9. The van der Waals surface area contributed by atoms with Crippen LogP contribution in [0.5, 0.6) is 0 Å². The number of rotatable bonds is 3. The van der Waals surface area contributed by atoms with E-state index in [-0.39, 0.29) is 0 Å². The molecular formula is C14H13BrN6S2. The minimum absolute atomic E-state index is 0.368. The second-order valence-electron chi connectivity index (χ2n) is 5.46. The van der Waals surface area contributed by atoms with E-state index in [1.54, 1.807) is 15.9 Å². The Labute approximate surface area is 148 Å². The van der Waals surface area contributed by atoms with Gasteiger partial charge < -0.3 is 0 Å². The molecule has 0 aliphatic rings. The first-order chi connectivity index (χ1) is 11.0. The van der Waals surface area contributed by atoms with Gasteiger partial charge in [0, 0.05) is 7.05 Å². The van der Waals surface area contributed by atoms with Crippen molar-refractivity contribution in [3.8, 4) is 21.4 Å². The van der Waals surface area contributed by atoms with Crippen molar-refractivity contribution in [2.45, 2.75) is 19.8 Å². The molecule has 6 nitrogen and oxygen atoms in total. The predicted octanol–water partition coefficient (Wildman–Crippen LogP) is 4.20. The average Bonchev–Trinajstić information content (AvgIpc) is 3.21. The van der Waals surface area contributed by atoms with Crippen molar-refractivity contribution >= 4 is 43.6 Å². The van der Waals surface area contributed by atoms with Crippen molar-refractivity contribution in [2.24, 2.45) is 7.05 Å².